The van der Waals surface area contributed by atoms with E-state index in [2.05, 4.69) is 0 Å². The van der Waals surface area contributed by atoms with Crippen LogP contribution in [-0.4, -0.2) is 16.9 Å². The van der Waals surface area contributed by atoms with Crippen LogP contribution in [0.4, 0.5) is 0 Å². The minimum absolute atomic E-state index is 0.324. The fourth-order valence-corrected chi connectivity index (χ4v) is 2.44. The predicted molar refractivity (Wildman–Crippen MR) is 64.2 cm³/mol. The van der Waals surface area contributed by atoms with Gasteiger partial charge < -0.3 is 5.11 Å². The van der Waals surface area contributed by atoms with Gasteiger partial charge >= 0.3 is 5.97 Å². The van der Waals surface area contributed by atoms with Gasteiger partial charge in [0, 0.05) is 5.56 Å². The zero-order valence-corrected chi connectivity index (χ0v) is 9.69. The van der Waals surface area contributed by atoms with E-state index in [9.17, 15) is 9.59 Å². The van der Waals surface area contributed by atoms with Crippen molar-refractivity contribution in [2.24, 2.45) is 0 Å². The van der Waals surface area contributed by atoms with Crippen LogP contribution in [0.5, 0.6) is 0 Å². The monoisotopic (exact) mass is 232 g/mol. The second-order valence-corrected chi connectivity index (χ2v) is 4.60. The summed E-state index contributed by atoms with van der Waals surface area (Å²) >= 11 is 0. The number of carbonyl (C=O) groups excluding carboxylic acids is 1. The Morgan fingerprint density at radius 2 is 1.71 bits per heavy atom. The third-order valence-electron chi connectivity index (χ3n) is 3.37. The zero-order chi connectivity index (χ0) is 12.3. The van der Waals surface area contributed by atoms with E-state index in [1.54, 1.807) is 12.1 Å². The van der Waals surface area contributed by atoms with Crippen LogP contribution in [0.25, 0.3) is 0 Å². The average Bonchev–Trinajstić information content (AvgIpc) is 2.82. The molecule has 0 unspecified atom stereocenters. The third kappa shape index (κ3) is 2.93. The van der Waals surface area contributed by atoms with Gasteiger partial charge in [-0.3, -0.25) is 9.59 Å². The van der Waals surface area contributed by atoms with Gasteiger partial charge in [0.2, 0.25) is 0 Å². The lowest BCUT2D eigenvalue weighted by Gasteiger charge is -2.09. The van der Waals surface area contributed by atoms with Crippen LogP contribution in [0.1, 0.15) is 53.9 Å². The van der Waals surface area contributed by atoms with Gasteiger partial charge in [-0.15, -0.1) is 0 Å². The molecule has 0 aromatic heterocycles. The lowest BCUT2D eigenvalue weighted by molar-refractivity contribution is -0.135. The number of carboxylic acids is 1. The lowest BCUT2D eigenvalue weighted by atomic mass is 9.96. The maximum Gasteiger partial charge on any atom is 0.311 e. The molecule has 17 heavy (non-hydrogen) atoms. The Hall–Kier alpha value is -1.64. The van der Waals surface area contributed by atoms with Gasteiger partial charge in [-0.05, 0) is 24.3 Å². The minimum Gasteiger partial charge on any atom is -0.481 e. The van der Waals surface area contributed by atoms with Crippen molar-refractivity contribution in [3.63, 3.8) is 0 Å². The van der Waals surface area contributed by atoms with Gasteiger partial charge in [-0.1, -0.05) is 37.1 Å². The van der Waals surface area contributed by atoms with Gasteiger partial charge in [0.1, 0.15) is 6.42 Å². The van der Waals surface area contributed by atoms with Crippen LogP contribution in [0.2, 0.25) is 0 Å². The molecule has 0 radical (unpaired) electrons. The molecule has 1 aromatic carbocycles. The molecule has 0 saturated heterocycles. The van der Waals surface area contributed by atoms with Gasteiger partial charge in [-0.25, -0.2) is 0 Å². The van der Waals surface area contributed by atoms with E-state index >= 15 is 0 Å². The Kier molecular flexibility index (Phi) is 3.57. The molecule has 0 spiro atoms. The maximum absolute atomic E-state index is 11.5. The van der Waals surface area contributed by atoms with Crippen molar-refractivity contribution in [1.29, 1.82) is 0 Å². The minimum atomic E-state index is -1.07. The number of benzene rings is 1. The Balaban J connectivity index is 2.06. The number of Topliss-reactive ketones (excluding diaryl/α,β-unsaturated/α-hetero) is 1. The van der Waals surface area contributed by atoms with Crippen LogP contribution in [0.3, 0.4) is 0 Å². The number of rotatable bonds is 4. The van der Waals surface area contributed by atoms with E-state index in [-0.39, 0.29) is 5.78 Å². The third-order valence-corrected chi connectivity index (χ3v) is 3.37. The molecule has 0 aliphatic heterocycles. The molecule has 1 saturated carbocycles. The van der Waals surface area contributed by atoms with Crippen molar-refractivity contribution in [3.8, 4) is 0 Å². The molecular formula is C14H16O3. The topological polar surface area (TPSA) is 54.4 Å². The van der Waals surface area contributed by atoms with Gasteiger partial charge in [0.25, 0.3) is 0 Å². The lowest BCUT2D eigenvalue weighted by Crippen LogP contribution is -2.07. The van der Waals surface area contributed by atoms with Gasteiger partial charge in [-0.2, -0.15) is 0 Å². The molecule has 0 atom stereocenters. The molecule has 90 valence electrons. The summed E-state index contributed by atoms with van der Waals surface area (Å²) in [7, 11) is 0. The summed E-state index contributed by atoms with van der Waals surface area (Å²) in [6.45, 7) is 0. The maximum atomic E-state index is 11.5. The Morgan fingerprint density at radius 1 is 1.12 bits per heavy atom. The number of carbonyl (C=O) groups is 2. The van der Waals surface area contributed by atoms with E-state index in [1.807, 2.05) is 12.1 Å². The number of ketones is 1. The highest BCUT2D eigenvalue weighted by molar-refractivity contribution is 6.05. The Bertz CT molecular complexity index is 414. The van der Waals surface area contributed by atoms with Crippen LogP contribution < -0.4 is 0 Å². The molecule has 1 aliphatic rings. The summed E-state index contributed by atoms with van der Waals surface area (Å²) in [6.07, 6.45) is 4.59. The summed E-state index contributed by atoms with van der Waals surface area (Å²) in [5.41, 5.74) is 1.77. The fourth-order valence-electron chi connectivity index (χ4n) is 2.44. The predicted octanol–water partition coefficient (Wildman–Crippen LogP) is 3.00. The molecule has 1 fully saturated rings. The molecule has 1 aromatic rings. The molecule has 0 bridgehead atoms. The van der Waals surface area contributed by atoms with Crippen molar-refractivity contribution in [2.45, 2.75) is 38.0 Å². The van der Waals surface area contributed by atoms with Gasteiger partial charge in [0.05, 0.1) is 0 Å². The van der Waals surface area contributed by atoms with Crippen molar-refractivity contribution >= 4 is 11.8 Å². The number of carboxylic acid groups (broad SMARTS) is 1. The summed E-state index contributed by atoms with van der Waals surface area (Å²) < 4.78 is 0. The molecule has 1 N–H and O–H groups in total. The van der Waals surface area contributed by atoms with Crippen molar-refractivity contribution < 1.29 is 14.7 Å². The molecule has 3 nitrogen and oxygen atoms in total. The standard InChI is InChI=1S/C14H16O3/c15-13(9-14(16)17)12-7-5-11(6-8-12)10-3-1-2-4-10/h5-8,10H,1-4,9H2,(H,16,17). The van der Waals surface area contributed by atoms with Crippen molar-refractivity contribution in [1.82, 2.24) is 0 Å². The van der Waals surface area contributed by atoms with Crippen LogP contribution in [0, 0.1) is 0 Å². The van der Waals surface area contributed by atoms with Gasteiger partial charge in [0.15, 0.2) is 5.78 Å². The first-order chi connectivity index (χ1) is 8.16. The Labute approximate surface area is 100 Å². The fraction of sp³-hybridized carbons (Fsp3) is 0.429. The van der Waals surface area contributed by atoms with E-state index in [4.69, 9.17) is 5.11 Å². The normalized spacial score (nSPS) is 16.0. The summed E-state index contributed by atoms with van der Waals surface area (Å²) in [4.78, 5) is 21.9. The summed E-state index contributed by atoms with van der Waals surface area (Å²) in [5, 5.41) is 8.55. The summed E-state index contributed by atoms with van der Waals surface area (Å²) in [5.74, 6) is -0.774. The quantitative estimate of drug-likeness (QED) is 0.641. The SMILES string of the molecule is O=C(O)CC(=O)c1ccc(C2CCCC2)cc1. The molecule has 2 rings (SSSR count). The molecule has 0 amide bonds. The van der Waals surface area contributed by atoms with E-state index in [0.717, 1.165) is 0 Å². The van der Waals surface area contributed by atoms with Crippen LogP contribution in [0.15, 0.2) is 24.3 Å². The number of hydrogen-bond donors (Lipinski definition) is 1. The first-order valence-corrected chi connectivity index (χ1v) is 6.02. The molecule has 1 aliphatic carbocycles. The largest absolute Gasteiger partial charge is 0.481 e. The molecule has 3 heteroatoms. The average molecular weight is 232 g/mol. The Morgan fingerprint density at radius 3 is 2.24 bits per heavy atom. The van der Waals surface area contributed by atoms with Crippen LogP contribution in [-0.2, 0) is 4.79 Å². The highest BCUT2D eigenvalue weighted by atomic mass is 16.4. The number of hydrogen-bond acceptors (Lipinski definition) is 2. The van der Waals surface area contributed by atoms with E-state index in [1.165, 1.54) is 31.2 Å². The van der Waals surface area contributed by atoms with E-state index < -0.39 is 12.4 Å². The highest BCUT2D eigenvalue weighted by Gasteiger charge is 2.17. The summed E-state index contributed by atoms with van der Waals surface area (Å²) in [6, 6.07) is 7.42. The molecular weight excluding hydrogens is 216 g/mol. The second kappa shape index (κ2) is 5.13. The first-order valence-electron chi connectivity index (χ1n) is 6.02. The van der Waals surface area contributed by atoms with Crippen molar-refractivity contribution in [3.05, 3.63) is 35.4 Å². The van der Waals surface area contributed by atoms with E-state index in [0.29, 0.717) is 11.5 Å². The smallest absolute Gasteiger partial charge is 0.311 e. The highest BCUT2D eigenvalue weighted by Crippen LogP contribution is 2.33. The zero-order valence-electron chi connectivity index (χ0n) is 9.69. The second-order valence-electron chi connectivity index (χ2n) is 4.60. The molecule has 0 heterocycles. The first kappa shape index (κ1) is 11.8. The van der Waals surface area contributed by atoms with Crippen LogP contribution >= 0.6 is 0 Å². The number of aliphatic carboxylic acids is 1. The van der Waals surface area contributed by atoms with Crippen molar-refractivity contribution in [2.75, 3.05) is 0 Å².